The zero-order chi connectivity index (χ0) is 24.7. The first kappa shape index (κ1) is 25.5. The van der Waals surface area contributed by atoms with Gasteiger partial charge in [-0.2, -0.15) is 0 Å². The van der Waals surface area contributed by atoms with Crippen LogP contribution in [-0.4, -0.2) is 69.6 Å². The number of carbonyl (C=O) groups excluding carboxylic acids is 1. The lowest BCUT2D eigenvalue weighted by atomic mass is 10.1. The molecule has 0 atom stereocenters. The van der Waals surface area contributed by atoms with E-state index in [1.54, 1.807) is 24.3 Å². The number of nitrogens with one attached hydrogen (secondary N) is 2. The van der Waals surface area contributed by atoms with E-state index in [1.807, 2.05) is 16.7 Å². The van der Waals surface area contributed by atoms with E-state index in [-0.39, 0.29) is 22.1 Å². The Balaban J connectivity index is 1.66. The molecular formula is C24H32N4O5S. The first-order valence-corrected chi connectivity index (χ1v) is 12.9. The van der Waals surface area contributed by atoms with Gasteiger partial charge in [-0.1, -0.05) is 31.0 Å². The molecule has 0 saturated carbocycles. The second-order valence-corrected chi connectivity index (χ2v) is 10.1. The van der Waals surface area contributed by atoms with Crippen LogP contribution in [0.3, 0.4) is 0 Å². The van der Waals surface area contributed by atoms with Crippen LogP contribution in [0.15, 0.2) is 47.4 Å². The van der Waals surface area contributed by atoms with E-state index in [0.29, 0.717) is 45.0 Å². The molecule has 1 heterocycles. The van der Waals surface area contributed by atoms with Gasteiger partial charge in [-0.25, -0.2) is 13.2 Å². The number of hydrogen-bond donors (Lipinski definition) is 3. The van der Waals surface area contributed by atoms with E-state index >= 15 is 0 Å². The van der Waals surface area contributed by atoms with E-state index in [2.05, 4.69) is 17.0 Å². The van der Waals surface area contributed by atoms with Gasteiger partial charge < -0.3 is 15.3 Å². The maximum Gasteiger partial charge on any atom is 0.337 e. The molecule has 1 amide bonds. The van der Waals surface area contributed by atoms with Gasteiger partial charge in [-0.3, -0.25) is 14.4 Å². The average Bonchev–Trinajstić information content (AvgIpc) is 2.80. The fourth-order valence-electron chi connectivity index (χ4n) is 3.79. The number of unbranched alkanes of at least 4 members (excludes halogenated alkanes) is 1. The van der Waals surface area contributed by atoms with Crippen LogP contribution in [-0.2, 0) is 14.8 Å². The highest BCUT2D eigenvalue weighted by atomic mass is 32.2. The summed E-state index contributed by atoms with van der Waals surface area (Å²) in [4.78, 5) is 28.1. The molecule has 1 aliphatic rings. The Kier molecular flexibility index (Phi) is 8.51. The first-order chi connectivity index (χ1) is 16.2. The van der Waals surface area contributed by atoms with E-state index in [4.69, 9.17) is 0 Å². The SMILES string of the molecule is CCCCNC(=O)CN1CCN(c2ccc(NS(=O)(=O)c3ccc(C)cc3)cc2C(=O)O)CC1. The fraction of sp³-hybridized carbons (Fsp3) is 0.417. The fourth-order valence-corrected chi connectivity index (χ4v) is 4.84. The third-order valence-electron chi connectivity index (χ3n) is 5.74. The minimum absolute atomic E-state index is 0.00154. The molecule has 0 spiro atoms. The van der Waals surface area contributed by atoms with Crippen molar-refractivity contribution in [2.45, 2.75) is 31.6 Å². The molecule has 9 nitrogen and oxygen atoms in total. The molecule has 1 fully saturated rings. The maximum absolute atomic E-state index is 12.7. The smallest absolute Gasteiger partial charge is 0.337 e. The topological polar surface area (TPSA) is 119 Å². The molecular weight excluding hydrogens is 456 g/mol. The van der Waals surface area contributed by atoms with Crippen LogP contribution in [0.1, 0.15) is 35.7 Å². The lowest BCUT2D eigenvalue weighted by molar-refractivity contribution is -0.122. The standard InChI is InChI=1S/C24H32N4O5S/c1-3-4-11-25-23(29)17-27-12-14-28(15-13-27)22-10-7-19(16-21(22)24(30)31)26-34(32,33)20-8-5-18(2)6-9-20/h5-10,16,26H,3-4,11-15,17H2,1-2H3,(H,25,29)(H,30,31). The monoisotopic (exact) mass is 488 g/mol. The van der Waals surface area contributed by atoms with Crippen LogP contribution in [0.4, 0.5) is 11.4 Å². The van der Waals surface area contributed by atoms with Gasteiger partial charge in [0.15, 0.2) is 0 Å². The zero-order valence-electron chi connectivity index (χ0n) is 19.6. The third-order valence-corrected chi connectivity index (χ3v) is 7.14. The van der Waals surface area contributed by atoms with E-state index in [1.165, 1.54) is 18.2 Å². The van der Waals surface area contributed by atoms with E-state index in [0.717, 1.165) is 18.4 Å². The molecule has 3 N–H and O–H groups in total. The number of rotatable bonds is 10. The van der Waals surface area contributed by atoms with Crippen molar-refractivity contribution in [2.24, 2.45) is 0 Å². The molecule has 10 heteroatoms. The molecule has 184 valence electrons. The number of benzene rings is 2. The van der Waals surface area contributed by atoms with Crippen LogP contribution >= 0.6 is 0 Å². The number of nitrogens with zero attached hydrogens (tertiary/aromatic N) is 2. The molecule has 34 heavy (non-hydrogen) atoms. The lowest BCUT2D eigenvalue weighted by Crippen LogP contribution is -2.49. The number of piperazine rings is 1. The Bertz CT molecular complexity index is 1110. The molecule has 0 unspecified atom stereocenters. The van der Waals surface area contributed by atoms with Crippen LogP contribution in [0.25, 0.3) is 0 Å². The van der Waals surface area contributed by atoms with Gasteiger partial charge in [0.2, 0.25) is 5.91 Å². The van der Waals surface area contributed by atoms with Crippen molar-refractivity contribution in [3.8, 4) is 0 Å². The van der Waals surface area contributed by atoms with Gasteiger partial charge in [0, 0.05) is 38.4 Å². The van der Waals surface area contributed by atoms with Gasteiger partial charge in [0.25, 0.3) is 10.0 Å². The van der Waals surface area contributed by atoms with Gasteiger partial charge in [-0.05, 0) is 43.7 Å². The summed E-state index contributed by atoms with van der Waals surface area (Å²) in [5.41, 5.74) is 1.67. The van der Waals surface area contributed by atoms with Gasteiger partial charge in [0.1, 0.15) is 0 Å². The van der Waals surface area contributed by atoms with Crippen molar-refractivity contribution in [3.63, 3.8) is 0 Å². The Morgan fingerprint density at radius 3 is 2.32 bits per heavy atom. The predicted octanol–water partition coefficient (Wildman–Crippen LogP) is 2.53. The predicted molar refractivity (Wildman–Crippen MR) is 132 cm³/mol. The largest absolute Gasteiger partial charge is 0.478 e. The molecule has 3 rings (SSSR count). The van der Waals surface area contributed by atoms with Crippen LogP contribution in [0.5, 0.6) is 0 Å². The Labute approximate surface area is 200 Å². The normalized spacial score (nSPS) is 14.6. The van der Waals surface area contributed by atoms with Gasteiger partial charge >= 0.3 is 5.97 Å². The molecule has 0 aliphatic carbocycles. The number of sulfonamides is 1. The number of aromatic carboxylic acids is 1. The molecule has 1 aliphatic heterocycles. The summed E-state index contributed by atoms with van der Waals surface area (Å²) in [7, 11) is -3.84. The van der Waals surface area contributed by atoms with Crippen LogP contribution < -0.4 is 14.9 Å². The second-order valence-electron chi connectivity index (χ2n) is 8.42. The van der Waals surface area contributed by atoms with Crippen molar-refractivity contribution in [3.05, 3.63) is 53.6 Å². The third kappa shape index (κ3) is 6.71. The molecule has 0 aromatic heterocycles. The summed E-state index contributed by atoms with van der Waals surface area (Å²) in [6.45, 7) is 7.32. The molecule has 2 aromatic carbocycles. The minimum Gasteiger partial charge on any atom is -0.478 e. The number of aryl methyl sites for hydroxylation is 1. The van der Waals surface area contributed by atoms with E-state index < -0.39 is 16.0 Å². The van der Waals surface area contributed by atoms with Gasteiger partial charge in [0.05, 0.1) is 22.7 Å². The zero-order valence-corrected chi connectivity index (χ0v) is 20.4. The van der Waals surface area contributed by atoms with Crippen LogP contribution in [0, 0.1) is 6.92 Å². The molecule has 0 bridgehead atoms. The first-order valence-electron chi connectivity index (χ1n) is 11.4. The summed E-state index contributed by atoms with van der Waals surface area (Å²) < 4.78 is 27.8. The van der Waals surface area contributed by atoms with Gasteiger partial charge in [-0.15, -0.1) is 0 Å². The summed E-state index contributed by atoms with van der Waals surface area (Å²) >= 11 is 0. The number of amides is 1. The number of carboxylic acids is 1. The van der Waals surface area contributed by atoms with Crippen LogP contribution in [0.2, 0.25) is 0 Å². The second kappa shape index (κ2) is 11.3. The molecule has 0 radical (unpaired) electrons. The lowest BCUT2D eigenvalue weighted by Gasteiger charge is -2.36. The number of carbonyl (C=O) groups is 2. The molecule has 2 aromatic rings. The summed E-state index contributed by atoms with van der Waals surface area (Å²) in [6, 6.07) is 11.0. The van der Waals surface area contributed by atoms with Crippen molar-refractivity contribution >= 4 is 33.3 Å². The number of carboxylic acid groups (broad SMARTS) is 1. The Morgan fingerprint density at radius 2 is 1.71 bits per heavy atom. The van der Waals surface area contributed by atoms with Crippen molar-refractivity contribution in [1.29, 1.82) is 0 Å². The van der Waals surface area contributed by atoms with Crippen molar-refractivity contribution in [2.75, 3.05) is 48.9 Å². The summed E-state index contributed by atoms with van der Waals surface area (Å²) in [5.74, 6) is -1.14. The minimum atomic E-state index is -3.84. The Hall–Kier alpha value is -3.11. The summed E-state index contributed by atoms with van der Waals surface area (Å²) in [6.07, 6.45) is 1.98. The number of hydrogen-bond acceptors (Lipinski definition) is 6. The van der Waals surface area contributed by atoms with Crippen molar-refractivity contribution in [1.82, 2.24) is 10.2 Å². The van der Waals surface area contributed by atoms with Crippen molar-refractivity contribution < 1.29 is 23.1 Å². The number of anilines is 2. The van der Waals surface area contributed by atoms with E-state index in [9.17, 15) is 23.1 Å². The maximum atomic E-state index is 12.7. The highest BCUT2D eigenvalue weighted by Crippen LogP contribution is 2.27. The summed E-state index contributed by atoms with van der Waals surface area (Å²) in [5, 5.41) is 12.7. The quantitative estimate of drug-likeness (QED) is 0.440. The Morgan fingerprint density at radius 1 is 1.03 bits per heavy atom. The average molecular weight is 489 g/mol. The highest BCUT2D eigenvalue weighted by Gasteiger charge is 2.24. The molecule has 1 saturated heterocycles. The highest BCUT2D eigenvalue weighted by molar-refractivity contribution is 7.92.